The highest BCUT2D eigenvalue weighted by Crippen LogP contribution is 2.20. The van der Waals surface area contributed by atoms with Crippen LogP contribution < -0.4 is 0 Å². The number of rotatable bonds is 4. The molecule has 1 aromatic heterocycles. The molecule has 0 aliphatic rings. The summed E-state index contributed by atoms with van der Waals surface area (Å²) in [5.74, 6) is 0.919. The van der Waals surface area contributed by atoms with Crippen LogP contribution in [0.2, 0.25) is 0 Å². The second-order valence-corrected chi connectivity index (χ2v) is 2.97. The molecule has 0 N–H and O–H groups in total. The van der Waals surface area contributed by atoms with Crippen LogP contribution in [0.15, 0.2) is 16.7 Å². The molecule has 0 amide bonds. The van der Waals surface area contributed by atoms with Crippen molar-refractivity contribution >= 4 is 6.29 Å². The van der Waals surface area contributed by atoms with Gasteiger partial charge in [0.15, 0.2) is 0 Å². The van der Waals surface area contributed by atoms with Crippen LogP contribution in [0, 0.1) is 0 Å². The standard InChI is InChI=1S/C10H14O2/c1-3-4-10-9(5-6-12-10)8(2)7-11/h5-8H,3-4H2,1-2H3. The Hall–Kier alpha value is -1.05. The minimum atomic E-state index is -0.0368. The molecule has 0 fully saturated rings. The number of aryl methyl sites for hydroxylation is 1. The van der Waals surface area contributed by atoms with Crippen LogP contribution in [-0.2, 0) is 11.2 Å². The predicted octanol–water partition coefficient (Wildman–Crippen LogP) is 2.53. The molecule has 1 heterocycles. The highest BCUT2D eigenvalue weighted by atomic mass is 16.3. The Balaban J connectivity index is 2.82. The zero-order valence-corrected chi connectivity index (χ0v) is 7.54. The summed E-state index contributed by atoms with van der Waals surface area (Å²) in [6.45, 7) is 3.98. The van der Waals surface area contributed by atoms with E-state index in [2.05, 4.69) is 6.92 Å². The van der Waals surface area contributed by atoms with E-state index in [1.54, 1.807) is 6.26 Å². The van der Waals surface area contributed by atoms with E-state index in [0.29, 0.717) is 0 Å². The molecule has 12 heavy (non-hydrogen) atoms. The number of carbonyl (C=O) groups is 1. The first-order chi connectivity index (χ1) is 5.79. The van der Waals surface area contributed by atoms with Crippen molar-refractivity contribution in [2.45, 2.75) is 32.6 Å². The quantitative estimate of drug-likeness (QED) is 0.643. The molecule has 0 aliphatic carbocycles. The fraction of sp³-hybridized carbons (Fsp3) is 0.500. The van der Waals surface area contributed by atoms with Crippen molar-refractivity contribution in [2.75, 3.05) is 0 Å². The van der Waals surface area contributed by atoms with Crippen molar-refractivity contribution in [2.24, 2.45) is 0 Å². The molecule has 1 aromatic rings. The van der Waals surface area contributed by atoms with Crippen LogP contribution in [-0.4, -0.2) is 6.29 Å². The van der Waals surface area contributed by atoms with Gasteiger partial charge in [0, 0.05) is 17.9 Å². The lowest BCUT2D eigenvalue weighted by Crippen LogP contribution is -1.96. The first-order valence-corrected chi connectivity index (χ1v) is 4.31. The van der Waals surface area contributed by atoms with Gasteiger partial charge in [-0.1, -0.05) is 13.8 Å². The Morgan fingerprint density at radius 2 is 2.42 bits per heavy atom. The summed E-state index contributed by atoms with van der Waals surface area (Å²) in [5.41, 5.74) is 1.03. The van der Waals surface area contributed by atoms with Crippen LogP contribution >= 0.6 is 0 Å². The van der Waals surface area contributed by atoms with Crippen molar-refractivity contribution in [3.8, 4) is 0 Å². The Labute approximate surface area is 72.6 Å². The molecular formula is C10H14O2. The summed E-state index contributed by atoms with van der Waals surface area (Å²) in [6.07, 6.45) is 4.57. The molecule has 1 rings (SSSR count). The third kappa shape index (κ3) is 1.76. The minimum Gasteiger partial charge on any atom is -0.469 e. The van der Waals surface area contributed by atoms with Gasteiger partial charge in [-0.25, -0.2) is 0 Å². The molecule has 0 saturated carbocycles. The van der Waals surface area contributed by atoms with Crippen LogP contribution in [0.4, 0.5) is 0 Å². The van der Waals surface area contributed by atoms with Gasteiger partial charge in [0.25, 0.3) is 0 Å². The zero-order valence-electron chi connectivity index (χ0n) is 7.54. The van der Waals surface area contributed by atoms with Gasteiger partial charge in [0.2, 0.25) is 0 Å². The molecular weight excluding hydrogens is 152 g/mol. The number of hydrogen-bond donors (Lipinski definition) is 0. The van der Waals surface area contributed by atoms with Crippen LogP contribution in [0.3, 0.4) is 0 Å². The number of aldehydes is 1. The summed E-state index contributed by atoms with van der Waals surface area (Å²) in [7, 11) is 0. The van der Waals surface area contributed by atoms with Crippen molar-refractivity contribution in [1.82, 2.24) is 0 Å². The van der Waals surface area contributed by atoms with Gasteiger partial charge < -0.3 is 9.21 Å². The maximum Gasteiger partial charge on any atom is 0.127 e. The van der Waals surface area contributed by atoms with Crippen LogP contribution in [0.5, 0.6) is 0 Å². The number of hydrogen-bond acceptors (Lipinski definition) is 2. The van der Waals surface area contributed by atoms with Gasteiger partial charge >= 0.3 is 0 Å². The van der Waals surface area contributed by atoms with Crippen molar-refractivity contribution in [3.63, 3.8) is 0 Å². The lowest BCUT2D eigenvalue weighted by atomic mass is 10.0. The van der Waals surface area contributed by atoms with Gasteiger partial charge in [-0.2, -0.15) is 0 Å². The monoisotopic (exact) mass is 166 g/mol. The lowest BCUT2D eigenvalue weighted by Gasteiger charge is -2.02. The molecule has 0 spiro atoms. The Morgan fingerprint density at radius 1 is 1.67 bits per heavy atom. The van der Waals surface area contributed by atoms with Gasteiger partial charge in [0.1, 0.15) is 12.0 Å². The first-order valence-electron chi connectivity index (χ1n) is 4.31. The Kier molecular flexibility index (Phi) is 3.09. The summed E-state index contributed by atoms with van der Waals surface area (Å²) in [6, 6.07) is 1.88. The van der Waals surface area contributed by atoms with E-state index in [1.165, 1.54) is 0 Å². The van der Waals surface area contributed by atoms with Crippen molar-refractivity contribution in [3.05, 3.63) is 23.7 Å². The van der Waals surface area contributed by atoms with Crippen molar-refractivity contribution < 1.29 is 9.21 Å². The highest BCUT2D eigenvalue weighted by Gasteiger charge is 2.11. The number of furan rings is 1. The summed E-state index contributed by atoms with van der Waals surface area (Å²) in [5, 5.41) is 0. The molecule has 0 aliphatic heterocycles. The largest absolute Gasteiger partial charge is 0.469 e. The fourth-order valence-corrected chi connectivity index (χ4v) is 1.26. The predicted molar refractivity (Wildman–Crippen MR) is 47.2 cm³/mol. The fourth-order valence-electron chi connectivity index (χ4n) is 1.26. The minimum absolute atomic E-state index is 0.0368. The summed E-state index contributed by atoms with van der Waals surface area (Å²) < 4.78 is 5.27. The van der Waals surface area contributed by atoms with E-state index in [4.69, 9.17) is 4.42 Å². The molecule has 1 unspecified atom stereocenters. The van der Waals surface area contributed by atoms with Gasteiger partial charge in [-0.05, 0) is 12.5 Å². The van der Waals surface area contributed by atoms with E-state index in [9.17, 15) is 4.79 Å². The van der Waals surface area contributed by atoms with Gasteiger partial charge in [-0.15, -0.1) is 0 Å². The molecule has 0 radical (unpaired) electrons. The third-order valence-corrected chi connectivity index (χ3v) is 1.95. The number of carbonyl (C=O) groups excluding carboxylic acids is 1. The van der Waals surface area contributed by atoms with E-state index in [1.807, 2.05) is 13.0 Å². The molecule has 0 bridgehead atoms. The third-order valence-electron chi connectivity index (χ3n) is 1.95. The van der Waals surface area contributed by atoms with Crippen LogP contribution in [0.25, 0.3) is 0 Å². The second-order valence-electron chi connectivity index (χ2n) is 2.97. The lowest BCUT2D eigenvalue weighted by molar-refractivity contribution is -0.108. The van der Waals surface area contributed by atoms with Crippen molar-refractivity contribution in [1.29, 1.82) is 0 Å². The van der Waals surface area contributed by atoms with E-state index in [-0.39, 0.29) is 5.92 Å². The van der Waals surface area contributed by atoms with E-state index in [0.717, 1.165) is 30.5 Å². The van der Waals surface area contributed by atoms with Crippen LogP contribution in [0.1, 0.15) is 37.5 Å². The Morgan fingerprint density at radius 3 is 3.00 bits per heavy atom. The second kappa shape index (κ2) is 4.10. The molecule has 2 heteroatoms. The molecule has 0 saturated heterocycles. The van der Waals surface area contributed by atoms with E-state index < -0.39 is 0 Å². The Bertz CT molecular complexity index is 250. The summed E-state index contributed by atoms with van der Waals surface area (Å²) >= 11 is 0. The normalized spacial score (nSPS) is 12.8. The molecule has 66 valence electrons. The van der Waals surface area contributed by atoms with Gasteiger partial charge in [-0.3, -0.25) is 0 Å². The highest BCUT2D eigenvalue weighted by molar-refractivity contribution is 5.61. The maximum atomic E-state index is 10.5. The van der Waals surface area contributed by atoms with Gasteiger partial charge in [0.05, 0.1) is 6.26 Å². The zero-order chi connectivity index (χ0) is 8.97. The summed E-state index contributed by atoms with van der Waals surface area (Å²) in [4.78, 5) is 10.5. The average molecular weight is 166 g/mol. The SMILES string of the molecule is CCCc1occc1C(C)C=O. The topological polar surface area (TPSA) is 30.2 Å². The average Bonchev–Trinajstić information content (AvgIpc) is 2.52. The first kappa shape index (κ1) is 9.04. The molecule has 2 nitrogen and oxygen atoms in total. The maximum absolute atomic E-state index is 10.5. The molecule has 0 aromatic carbocycles. The molecule has 1 atom stereocenters. The smallest absolute Gasteiger partial charge is 0.127 e. The van der Waals surface area contributed by atoms with E-state index >= 15 is 0 Å².